The smallest absolute Gasteiger partial charge is 0.337 e. The summed E-state index contributed by atoms with van der Waals surface area (Å²) in [5.41, 5.74) is 0.291. The summed E-state index contributed by atoms with van der Waals surface area (Å²) in [5.74, 6) is -6.83. The Morgan fingerprint density at radius 1 is 0.701 bits per heavy atom. The summed E-state index contributed by atoms with van der Waals surface area (Å²) in [6.07, 6.45) is -15.2. The first-order valence-corrected chi connectivity index (χ1v) is 22.0. The minimum Gasteiger partial charge on any atom is -0.468 e. The van der Waals surface area contributed by atoms with E-state index in [1.54, 1.807) is 27.7 Å². The highest BCUT2D eigenvalue weighted by Crippen LogP contribution is 2.44. The van der Waals surface area contributed by atoms with E-state index in [9.17, 15) is 65.1 Å². The number of hydrogen-bond donors (Lipinski definition) is 9. The highest BCUT2D eigenvalue weighted by Gasteiger charge is 2.50. The second-order valence-corrected chi connectivity index (χ2v) is 17.1. The number of carbonyl (C=O) groups excluding carboxylic acids is 4. The lowest BCUT2D eigenvalue weighted by Crippen LogP contribution is -2.60. The molecule has 5 aliphatic rings. The van der Waals surface area contributed by atoms with Gasteiger partial charge < -0.3 is 93.3 Å². The van der Waals surface area contributed by atoms with Gasteiger partial charge in [-0.15, -0.1) is 0 Å². The molecule has 0 bridgehead atoms. The molecule has 0 spiro atoms. The van der Waals surface area contributed by atoms with Crippen LogP contribution < -0.4 is 0 Å². The van der Waals surface area contributed by atoms with Crippen LogP contribution in [0, 0.1) is 35.5 Å². The predicted molar refractivity (Wildman–Crippen MR) is 221 cm³/mol. The number of allylic oxidation sites excluding steroid dienone is 2. The standard InChI is InChI=1S/C44H64O23/c1-7-20-23(26(39(56)58-5)16-61-41(20)66-43-37(54)35(52)33(50)29(13-46)64-43)10-31(48)60-15-25-19(4)28(9-22(25)18(3)12-45)63-32(49)11-24-21(8-2)42(62-17-27(24)40(57)59-6)67-44-38(55)36(53)34(51)30(14-47)65-44/h7-8,16-19,22-25,28-30,33-38,41-47,50-55H,9-15H2,1-6H3/b20-7+,21-8?/t18-,19+,22-,23-,24-,25-,28-,29+,30+,33+,34+,35-,36-,37+,38+,41-,42-,43-,44-/m0/s1. The van der Waals surface area contributed by atoms with E-state index in [-0.39, 0.29) is 53.8 Å². The van der Waals surface area contributed by atoms with Crippen LogP contribution in [-0.2, 0) is 66.5 Å². The summed E-state index contributed by atoms with van der Waals surface area (Å²) in [6, 6.07) is 0. The fourth-order valence-corrected chi connectivity index (χ4v) is 9.19. The van der Waals surface area contributed by atoms with Crippen molar-refractivity contribution in [1.29, 1.82) is 0 Å². The van der Waals surface area contributed by atoms with Crippen LogP contribution in [0.1, 0.15) is 47.0 Å². The SMILES string of the molecule is CC=C1[C@H](O[C@@H]2O[C@H](CO)[C@@H](O)[C@H](O)[C@H]2O)OC=C(C(=O)OC)[C@H]1CC(=O)O[C@H]1C[C@@H]([C@@H](C)CO)[C@@H](COC(=O)C[C@@H]2C(C(=O)OC)=CO[C@@H](O[C@@H]3O[C@H](CO)[C@@H](O)[C@H](O)[C@H]3O)/C2=C/C)[C@H]1C. The molecule has 67 heavy (non-hydrogen) atoms. The molecule has 23 nitrogen and oxygen atoms in total. The first-order valence-electron chi connectivity index (χ1n) is 22.0. The summed E-state index contributed by atoms with van der Waals surface area (Å²) >= 11 is 0. The molecule has 2 saturated heterocycles. The molecule has 5 rings (SSSR count). The number of ether oxygens (including phenoxy) is 10. The van der Waals surface area contributed by atoms with Crippen LogP contribution >= 0.6 is 0 Å². The quantitative estimate of drug-likeness (QED) is 0.0421. The molecule has 3 fully saturated rings. The Hall–Kier alpha value is -4.08. The molecule has 4 heterocycles. The molecule has 0 aromatic rings. The topological polar surface area (TPSA) is 343 Å². The zero-order chi connectivity index (χ0) is 49.4. The van der Waals surface area contributed by atoms with Crippen LogP contribution in [0.25, 0.3) is 0 Å². The first-order chi connectivity index (χ1) is 31.9. The van der Waals surface area contributed by atoms with Crippen molar-refractivity contribution >= 4 is 23.9 Å². The Morgan fingerprint density at radius 2 is 1.15 bits per heavy atom. The third-order valence-electron chi connectivity index (χ3n) is 13.3. The van der Waals surface area contributed by atoms with Crippen molar-refractivity contribution in [3.05, 3.63) is 47.0 Å². The van der Waals surface area contributed by atoms with Gasteiger partial charge in [-0.3, -0.25) is 9.59 Å². The zero-order valence-electron chi connectivity index (χ0n) is 38.0. The molecule has 1 aliphatic carbocycles. The Labute approximate surface area is 386 Å². The van der Waals surface area contributed by atoms with Crippen molar-refractivity contribution in [1.82, 2.24) is 0 Å². The highest BCUT2D eigenvalue weighted by atomic mass is 16.8. The van der Waals surface area contributed by atoms with E-state index in [0.29, 0.717) is 0 Å². The first kappa shape index (κ1) is 53.9. The van der Waals surface area contributed by atoms with Gasteiger partial charge in [-0.2, -0.15) is 0 Å². The van der Waals surface area contributed by atoms with E-state index in [0.717, 1.165) is 26.7 Å². The summed E-state index contributed by atoms with van der Waals surface area (Å²) in [4.78, 5) is 53.4. The zero-order valence-corrected chi connectivity index (χ0v) is 38.0. The number of methoxy groups -OCH3 is 2. The van der Waals surface area contributed by atoms with Gasteiger partial charge in [0.1, 0.15) is 54.9 Å². The fraction of sp³-hybridized carbons (Fsp3) is 0.727. The van der Waals surface area contributed by atoms with Crippen molar-refractivity contribution in [3.8, 4) is 0 Å². The average Bonchev–Trinajstić information content (AvgIpc) is 3.63. The van der Waals surface area contributed by atoms with Gasteiger partial charge >= 0.3 is 23.9 Å². The van der Waals surface area contributed by atoms with Gasteiger partial charge in [-0.1, -0.05) is 26.0 Å². The molecule has 0 aromatic heterocycles. The molecule has 0 radical (unpaired) electrons. The van der Waals surface area contributed by atoms with Crippen LogP contribution in [0.4, 0.5) is 0 Å². The summed E-state index contributed by atoms with van der Waals surface area (Å²) in [5, 5.41) is 91.7. The fourth-order valence-electron chi connectivity index (χ4n) is 9.19. The lowest BCUT2D eigenvalue weighted by Gasteiger charge is -2.42. The van der Waals surface area contributed by atoms with Gasteiger partial charge in [0.05, 0.1) is 70.6 Å². The molecule has 0 amide bonds. The van der Waals surface area contributed by atoms with E-state index in [1.807, 2.05) is 0 Å². The minimum absolute atomic E-state index is 0.0696. The molecule has 9 N–H and O–H groups in total. The van der Waals surface area contributed by atoms with Crippen LogP contribution in [0.15, 0.2) is 47.0 Å². The second kappa shape index (κ2) is 24.0. The molecule has 1 saturated carbocycles. The third-order valence-corrected chi connectivity index (χ3v) is 13.3. The monoisotopic (exact) mass is 960 g/mol. The van der Waals surface area contributed by atoms with Gasteiger partial charge in [0.2, 0.25) is 12.6 Å². The Balaban J connectivity index is 1.27. The lowest BCUT2D eigenvalue weighted by molar-refractivity contribution is -0.327. The molecule has 19 atom stereocenters. The van der Waals surface area contributed by atoms with Crippen LogP contribution in [0.3, 0.4) is 0 Å². The Bertz CT molecular complexity index is 1840. The van der Waals surface area contributed by atoms with Gasteiger partial charge in [0, 0.05) is 35.5 Å². The van der Waals surface area contributed by atoms with E-state index in [2.05, 4.69) is 0 Å². The predicted octanol–water partition coefficient (Wildman–Crippen LogP) is -2.29. The maximum atomic E-state index is 13.9. The van der Waals surface area contributed by atoms with E-state index in [1.165, 1.54) is 12.2 Å². The normalized spacial score (nSPS) is 39.3. The van der Waals surface area contributed by atoms with Crippen molar-refractivity contribution in [3.63, 3.8) is 0 Å². The Morgan fingerprint density at radius 3 is 1.55 bits per heavy atom. The summed E-state index contributed by atoms with van der Waals surface area (Å²) in [7, 11) is 2.27. The molecular formula is C44H64O23. The summed E-state index contributed by atoms with van der Waals surface area (Å²) < 4.78 is 55.7. The second-order valence-electron chi connectivity index (χ2n) is 17.1. The number of hydrogen-bond acceptors (Lipinski definition) is 23. The van der Waals surface area contributed by atoms with E-state index < -0.39 is 154 Å². The van der Waals surface area contributed by atoms with Crippen molar-refractivity contribution in [2.24, 2.45) is 35.5 Å². The molecular weight excluding hydrogens is 896 g/mol. The van der Waals surface area contributed by atoms with Crippen LogP contribution in [0.2, 0.25) is 0 Å². The van der Waals surface area contributed by atoms with Gasteiger partial charge in [0.25, 0.3) is 0 Å². The number of rotatable bonds is 17. The van der Waals surface area contributed by atoms with E-state index in [4.69, 9.17) is 47.4 Å². The third kappa shape index (κ3) is 11.9. The molecule has 0 aromatic carbocycles. The van der Waals surface area contributed by atoms with Gasteiger partial charge in [-0.25, -0.2) is 9.59 Å². The number of aliphatic hydroxyl groups excluding tert-OH is 9. The maximum absolute atomic E-state index is 13.9. The largest absolute Gasteiger partial charge is 0.468 e. The average molecular weight is 961 g/mol. The summed E-state index contributed by atoms with van der Waals surface area (Å²) in [6.45, 7) is 4.89. The van der Waals surface area contributed by atoms with Crippen molar-refractivity contribution in [2.75, 3.05) is 40.6 Å². The van der Waals surface area contributed by atoms with Crippen LogP contribution in [0.5, 0.6) is 0 Å². The van der Waals surface area contributed by atoms with Gasteiger partial charge in [0.15, 0.2) is 12.6 Å². The molecule has 0 unspecified atom stereocenters. The maximum Gasteiger partial charge on any atom is 0.337 e. The van der Waals surface area contributed by atoms with E-state index >= 15 is 0 Å². The Kier molecular flexibility index (Phi) is 19.3. The highest BCUT2D eigenvalue weighted by molar-refractivity contribution is 5.91. The number of aliphatic hydroxyl groups is 9. The van der Waals surface area contributed by atoms with Gasteiger partial charge in [-0.05, 0) is 38.0 Å². The minimum atomic E-state index is -1.78. The molecule has 378 valence electrons. The lowest BCUT2D eigenvalue weighted by atomic mass is 9.83. The number of carbonyl (C=O) groups is 4. The molecule has 4 aliphatic heterocycles. The van der Waals surface area contributed by atoms with Crippen LogP contribution in [-0.4, -0.2) is 191 Å². The molecule has 23 heteroatoms. The van der Waals surface area contributed by atoms with Crippen molar-refractivity contribution in [2.45, 2.75) is 127 Å². The number of esters is 4. The van der Waals surface area contributed by atoms with Crippen molar-refractivity contribution < 1.29 is 113 Å².